The lowest BCUT2D eigenvalue weighted by Crippen LogP contribution is -2.32. The van der Waals surface area contributed by atoms with E-state index in [0.717, 1.165) is 33.4 Å². The number of hydrogen-bond donors (Lipinski definition) is 0. The summed E-state index contributed by atoms with van der Waals surface area (Å²) in [6, 6.07) is 75.2. The van der Waals surface area contributed by atoms with Crippen LogP contribution in [0.5, 0.6) is 0 Å². The summed E-state index contributed by atoms with van der Waals surface area (Å²) in [4.78, 5) is 17.4. The fourth-order valence-electron chi connectivity index (χ4n) is 9.70. The minimum absolute atomic E-state index is 0.586. The molecule has 0 saturated carbocycles. The van der Waals surface area contributed by atoms with E-state index in [-0.39, 0.29) is 0 Å². The quantitative estimate of drug-likeness (QED) is 0.173. The van der Waals surface area contributed by atoms with Gasteiger partial charge < -0.3 is 0 Å². The van der Waals surface area contributed by atoms with Crippen molar-refractivity contribution in [2.75, 3.05) is 0 Å². The van der Waals surface area contributed by atoms with Crippen molar-refractivity contribution in [3.63, 3.8) is 0 Å². The summed E-state index contributed by atoms with van der Waals surface area (Å²) in [6.07, 6.45) is 0. The van der Waals surface area contributed by atoms with E-state index in [1.54, 1.807) is 0 Å². The van der Waals surface area contributed by atoms with Crippen molar-refractivity contribution in [3.8, 4) is 73.6 Å². The van der Waals surface area contributed by atoms with Gasteiger partial charge in [-0.2, -0.15) is 5.26 Å². The molecule has 1 aromatic heterocycles. The molecular weight excluding hydrogens is 773 g/mol. The van der Waals surface area contributed by atoms with Gasteiger partial charge in [-0.05, 0) is 90.7 Å². The molecule has 2 heterocycles. The highest BCUT2D eigenvalue weighted by molar-refractivity contribution is 7.99. The minimum Gasteiger partial charge on any atom is -0.208 e. The molecule has 10 aromatic rings. The highest BCUT2D eigenvalue weighted by atomic mass is 32.2. The Morgan fingerprint density at radius 2 is 0.887 bits per heavy atom. The van der Waals surface area contributed by atoms with Crippen molar-refractivity contribution in [2.45, 2.75) is 15.2 Å². The Morgan fingerprint density at radius 3 is 1.56 bits per heavy atom. The van der Waals surface area contributed by atoms with E-state index in [0.29, 0.717) is 23.0 Å². The van der Waals surface area contributed by atoms with Gasteiger partial charge in [-0.1, -0.05) is 194 Å². The minimum atomic E-state index is -0.586. The van der Waals surface area contributed by atoms with Gasteiger partial charge in [0.2, 0.25) is 0 Å². The van der Waals surface area contributed by atoms with Gasteiger partial charge in [-0.25, -0.2) is 15.0 Å². The van der Waals surface area contributed by atoms with Crippen molar-refractivity contribution in [3.05, 3.63) is 234 Å². The van der Waals surface area contributed by atoms with E-state index in [9.17, 15) is 5.26 Å². The van der Waals surface area contributed by atoms with Crippen LogP contribution in [0.3, 0.4) is 0 Å². The molecule has 4 nitrogen and oxygen atoms in total. The first-order valence-corrected chi connectivity index (χ1v) is 21.6. The van der Waals surface area contributed by atoms with Crippen LogP contribution >= 0.6 is 11.8 Å². The van der Waals surface area contributed by atoms with Crippen LogP contribution in [0.2, 0.25) is 0 Å². The topological polar surface area (TPSA) is 62.5 Å². The van der Waals surface area contributed by atoms with E-state index in [1.165, 1.54) is 59.5 Å². The van der Waals surface area contributed by atoms with Crippen molar-refractivity contribution in [2.24, 2.45) is 0 Å². The Balaban J connectivity index is 1.06. The lowest BCUT2D eigenvalue weighted by atomic mass is 9.66. The predicted octanol–water partition coefficient (Wildman–Crippen LogP) is 14.1. The van der Waals surface area contributed by atoms with Crippen LogP contribution in [0, 0.1) is 11.3 Å². The summed E-state index contributed by atoms with van der Waals surface area (Å²) in [6.45, 7) is 0. The summed E-state index contributed by atoms with van der Waals surface area (Å²) in [5.41, 5.74) is 15.1. The Labute approximate surface area is 363 Å². The largest absolute Gasteiger partial charge is 0.208 e. The first-order valence-electron chi connectivity index (χ1n) is 20.7. The average Bonchev–Trinajstić information content (AvgIpc) is 3.64. The second-order valence-corrected chi connectivity index (χ2v) is 16.8. The zero-order chi connectivity index (χ0) is 41.2. The monoisotopic (exact) mass is 806 g/mol. The van der Waals surface area contributed by atoms with Gasteiger partial charge in [-0.3, -0.25) is 0 Å². The summed E-state index contributed by atoms with van der Waals surface area (Å²) in [5.74, 6) is 1.91. The number of aromatic nitrogens is 3. The van der Waals surface area contributed by atoms with Crippen molar-refractivity contribution in [1.82, 2.24) is 15.0 Å². The second-order valence-electron chi connectivity index (χ2n) is 15.8. The third-order valence-corrected chi connectivity index (χ3v) is 13.7. The molecule has 1 aliphatic carbocycles. The van der Waals surface area contributed by atoms with E-state index >= 15 is 0 Å². The Morgan fingerprint density at radius 1 is 0.387 bits per heavy atom. The fourth-order valence-corrected chi connectivity index (χ4v) is 11.0. The zero-order valence-corrected chi connectivity index (χ0v) is 34.1. The highest BCUT2D eigenvalue weighted by Gasteiger charge is 2.51. The van der Waals surface area contributed by atoms with Gasteiger partial charge in [0, 0.05) is 26.5 Å². The molecule has 0 radical (unpaired) electrons. The van der Waals surface area contributed by atoms with Crippen molar-refractivity contribution < 1.29 is 0 Å². The number of nitriles is 1. The molecule has 0 amide bonds. The third kappa shape index (κ3) is 5.51. The molecule has 0 saturated heterocycles. The molecule has 0 N–H and O–H groups in total. The van der Waals surface area contributed by atoms with Crippen molar-refractivity contribution in [1.29, 1.82) is 5.26 Å². The Kier molecular flexibility index (Phi) is 8.35. The molecule has 12 rings (SSSR count). The van der Waals surface area contributed by atoms with Crippen LogP contribution < -0.4 is 0 Å². The number of nitrogens with zero attached hydrogens (tertiary/aromatic N) is 4. The molecule has 1 unspecified atom stereocenters. The van der Waals surface area contributed by atoms with Gasteiger partial charge >= 0.3 is 0 Å². The molecule has 1 aliphatic heterocycles. The molecule has 1 atom stereocenters. The van der Waals surface area contributed by atoms with Gasteiger partial charge in [0.1, 0.15) is 0 Å². The van der Waals surface area contributed by atoms with Crippen LogP contribution in [0.25, 0.3) is 78.3 Å². The lowest BCUT2D eigenvalue weighted by molar-refractivity contribution is 0.724. The first-order chi connectivity index (χ1) is 30.7. The standard InChI is InChI=1S/C57H34N4S/c58-35-36-26-28-38(29-27-36)46-34-50-52(44-19-8-7-18-43(44)46)45-20-9-10-22-47(45)57(50)48-23-11-12-25-51(48)62-53-42(21-13-24-49(53)57)37-30-32-41(33-31-37)56-60-54(39-14-3-1-4-15-39)59-55(61-56)40-16-5-2-6-17-40/h1-34H. The first kappa shape index (κ1) is 36.0. The lowest BCUT2D eigenvalue weighted by Gasteiger charge is -2.40. The molecule has 62 heavy (non-hydrogen) atoms. The molecule has 0 fully saturated rings. The molecule has 0 bridgehead atoms. The smallest absolute Gasteiger partial charge is 0.164 e. The maximum Gasteiger partial charge on any atom is 0.164 e. The van der Waals surface area contributed by atoms with E-state index in [1.807, 2.05) is 84.6 Å². The summed E-state index contributed by atoms with van der Waals surface area (Å²) in [7, 11) is 0. The number of fused-ring (bicyclic) bond motifs is 11. The third-order valence-electron chi connectivity index (χ3n) is 12.4. The highest BCUT2D eigenvalue weighted by Crippen LogP contribution is 2.64. The van der Waals surface area contributed by atoms with Crippen LogP contribution in [0.4, 0.5) is 0 Å². The molecule has 1 spiro atoms. The van der Waals surface area contributed by atoms with E-state index in [4.69, 9.17) is 15.0 Å². The van der Waals surface area contributed by atoms with Crippen molar-refractivity contribution >= 4 is 22.5 Å². The predicted molar refractivity (Wildman–Crippen MR) is 251 cm³/mol. The van der Waals surface area contributed by atoms with Gasteiger partial charge in [0.15, 0.2) is 17.5 Å². The maximum atomic E-state index is 9.66. The van der Waals surface area contributed by atoms with Crippen LogP contribution in [0.1, 0.15) is 27.8 Å². The average molecular weight is 807 g/mol. The number of hydrogen-bond acceptors (Lipinski definition) is 5. The molecule has 288 valence electrons. The van der Waals surface area contributed by atoms with Gasteiger partial charge in [-0.15, -0.1) is 0 Å². The normalized spacial score (nSPS) is 14.4. The van der Waals surface area contributed by atoms with Gasteiger partial charge in [0.25, 0.3) is 0 Å². The van der Waals surface area contributed by atoms with Crippen LogP contribution in [-0.4, -0.2) is 15.0 Å². The Hall–Kier alpha value is -7.91. The van der Waals surface area contributed by atoms with E-state index in [2.05, 4.69) is 140 Å². The summed E-state index contributed by atoms with van der Waals surface area (Å²) in [5, 5.41) is 12.1. The van der Waals surface area contributed by atoms with Crippen LogP contribution in [-0.2, 0) is 5.41 Å². The Bertz CT molecular complexity index is 3370. The molecule has 9 aromatic carbocycles. The maximum absolute atomic E-state index is 9.66. The van der Waals surface area contributed by atoms with E-state index < -0.39 is 5.41 Å². The number of rotatable bonds is 5. The fraction of sp³-hybridized carbons (Fsp3) is 0.0175. The molecule has 2 aliphatic rings. The van der Waals surface area contributed by atoms with Crippen LogP contribution in [0.15, 0.2) is 216 Å². The molecular formula is C57H34N4S. The molecule has 5 heteroatoms. The summed E-state index contributed by atoms with van der Waals surface area (Å²) < 4.78 is 0. The zero-order valence-electron chi connectivity index (χ0n) is 33.3. The van der Waals surface area contributed by atoms with Gasteiger partial charge in [0.05, 0.1) is 17.0 Å². The second kappa shape index (κ2) is 14.4. The number of benzene rings is 9. The SMILES string of the molecule is N#Cc1ccc(-c2cc3c(c4ccccc24)-c2ccccc2C32c3ccccc3Sc3c(-c4ccc(-c5nc(-c6ccccc6)nc(-c6ccccc6)n5)cc4)cccc32)cc1. The summed E-state index contributed by atoms with van der Waals surface area (Å²) >= 11 is 1.86.